The second-order valence-electron chi connectivity index (χ2n) is 4.98. The lowest BCUT2D eigenvalue weighted by atomic mass is 9.85. The molecule has 1 aromatic carbocycles. The van der Waals surface area contributed by atoms with Crippen molar-refractivity contribution in [1.82, 2.24) is 0 Å². The quantitative estimate of drug-likeness (QED) is 0.860. The highest BCUT2D eigenvalue weighted by molar-refractivity contribution is 9.10. The van der Waals surface area contributed by atoms with E-state index in [-0.39, 0.29) is 13.2 Å². The van der Waals surface area contributed by atoms with Crippen molar-refractivity contribution < 1.29 is 24.2 Å². The van der Waals surface area contributed by atoms with Crippen LogP contribution in [-0.4, -0.2) is 24.2 Å². The van der Waals surface area contributed by atoms with Crippen LogP contribution in [0.25, 0.3) is 0 Å². The number of carboxylic acid groups (broad SMARTS) is 1. The van der Waals surface area contributed by atoms with Gasteiger partial charge in [0.25, 0.3) is 0 Å². The van der Waals surface area contributed by atoms with Crippen LogP contribution < -0.4 is 9.47 Å². The van der Waals surface area contributed by atoms with Gasteiger partial charge in [-0.25, -0.2) is 0 Å². The summed E-state index contributed by atoms with van der Waals surface area (Å²) in [5.41, 5.74) is 0.156. The van der Waals surface area contributed by atoms with Crippen LogP contribution in [0.3, 0.4) is 0 Å². The normalized spacial score (nSPS) is 13.4. The van der Waals surface area contributed by atoms with E-state index < -0.39 is 11.4 Å². The number of hydrogen-bond donors (Lipinski definition) is 1. The van der Waals surface area contributed by atoms with Crippen LogP contribution in [0, 0.1) is 5.41 Å². The third-order valence-corrected chi connectivity index (χ3v) is 3.69. The molecule has 1 N–H and O–H groups in total. The number of carboxylic acids is 1. The summed E-state index contributed by atoms with van der Waals surface area (Å²) in [5.74, 6) is -0.0593. The van der Waals surface area contributed by atoms with Crippen LogP contribution in [0.2, 0.25) is 0 Å². The van der Waals surface area contributed by atoms with Crippen molar-refractivity contribution in [3.05, 3.63) is 21.7 Å². The van der Waals surface area contributed by atoms with E-state index in [2.05, 4.69) is 15.9 Å². The summed E-state index contributed by atoms with van der Waals surface area (Å²) in [6.07, 6.45) is 0.968. The van der Waals surface area contributed by atoms with Gasteiger partial charge in [-0.05, 0) is 42.3 Å². The molecule has 0 saturated carbocycles. The molecule has 6 heteroatoms. The lowest BCUT2D eigenvalue weighted by Crippen LogP contribution is -2.26. The Morgan fingerprint density at radius 1 is 1.47 bits per heavy atom. The van der Waals surface area contributed by atoms with Crippen molar-refractivity contribution >= 4 is 28.2 Å². The van der Waals surface area contributed by atoms with Crippen LogP contribution in [0.15, 0.2) is 10.5 Å². The van der Waals surface area contributed by atoms with Crippen molar-refractivity contribution in [2.45, 2.75) is 20.3 Å². The Hall–Kier alpha value is -1.56. The van der Waals surface area contributed by atoms with E-state index >= 15 is 0 Å². The number of aliphatic carboxylic acids is 1. The van der Waals surface area contributed by atoms with Crippen molar-refractivity contribution in [3.8, 4) is 11.5 Å². The lowest BCUT2D eigenvalue weighted by molar-refractivity contribution is -0.146. The van der Waals surface area contributed by atoms with Gasteiger partial charge in [-0.1, -0.05) is 0 Å². The van der Waals surface area contributed by atoms with Gasteiger partial charge >= 0.3 is 5.97 Å². The first-order valence-corrected chi connectivity index (χ1v) is 6.45. The maximum atomic E-state index is 11.2. The zero-order valence-corrected chi connectivity index (χ0v) is 12.1. The highest BCUT2D eigenvalue weighted by Gasteiger charge is 2.32. The van der Waals surface area contributed by atoms with Gasteiger partial charge in [0.05, 0.1) is 11.0 Å². The average molecular weight is 329 g/mol. The Labute approximate surface area is 118 Å². The summed E-state index contributed by atoms with van der Waals surface area (Å²) in [6, 6.07) is 1.71. The van der Waals surface area contributed by atoms with Gasteiger partial charge in [-0.2, -0.15) is 0 Å². The molecule has 1 aliphatic heterocycles. The molecule has 0 atom stereocenters. The highest BCUT2D eigenvalue weighted by Crippen LogP contribution is 2.43. The molecule has 1 aliphatic rings. The molecule has 0 aliphatic carbocycles. The zero-order chi connectivity index (χ0) is 14.2. The molecule has 1 aromatic rings. The molecule has 0 bridgehead atoms. The first-order chi connectivity index (χ1) is 8.86. The van der Waals surface area contributed by atoms with Crippen LogP contribution in [-0.2, 0) is 11.2 Å². The first kappa shape index (κ1) is 13.9. The average Bonchev–Trinajstić information content (AvgIpc) is 2.77. The maximum absolute atomic E-state index is 11.2. The maximum Gasteiger partial charge on any atom is 0.309 e. The van der Waals surface area contributed by atoms with Crippen LogP contribution >= 0.6 is 15.9 Å². The summed E-state index contributed by atoms with van der Waals surface area (Å²) in [4.78, 5) is 22.2. The predicted octanol–water partition coefficient (Wildman–Crippen LogP) is 2.64. The molecule has 0 radical (unpaired) electrons. The van der Waals surface area contributed by atoms with Gasteiger partial charge in [0, 0.05) is 10.0 Å². The Bertz CT molecular complexity index is 550. The molecule has 5 nitrogen and oxygen atoms in total. The summed E-state index contributed by atoms with van der Waals surface area (Å²) in [7, 11) is 0. The molecule has 0 unspecified atom stereocenters. The van der Waals surface area contributed by atoms with Crippen molar-refractivity contribution in [2.24, 2.45) is 5.41 Å². The number of rotatable bonds is 4. The van der Waals surface area contributed by atoms with Crippen molar-refractivity contribution in [3.63, 3.8) is 0 Å². The fourth-order valence-corrected chi connectivity index (χ4v) is 2.46. The molecule has 0 aromatic heterocycles. The fourth-order valence-electron chi connectivity index (χ4n) is 1.91. The van der Waals surface area contributed by atoms with Gasteiger partial charge in [0.2, 0.25) is 6.79 Å². The minimum Gasteiger partial charge on any atom is -0.481 e. The van der Waals surface area contributed by atoms with Crippen LogP contribution in [0.4, 0.5) is 0 Å². The molecule has 19 heavy (non-hydrogen) atoms. The summed E-state index contributed by atoms with van der Waals surface area (Å²) >= 11 is 3.29. The van der Waals surface area contributed by atoms with Gasteiger partial charge in [0.1, 0.15) is 0 Å². The first-order valence-electron chi connectivity index (χ1n) is 5.66. The monoisotopic (exact) mass is 328 g/mol. The van der Waals surface area contributed by atoms with Gasteiger partial charge < -0.3 is 14.6 Å². The van der Waals surface area contributed by atoms with E-state index in [1.54, 1.807) is 19.9 Å². The Kier molecular flexibility index (Phi) is 3.54. The molecule has 0 amide bonds. The summed E-state index contributed by atoms with van der Waals surface area (Å²) < 4.78 is 11.2. The third kappa shape index (κ3) is 2.45. The zero-order valence-electron chi connectivity index (χ0n) is 10.5. The van der Waals surface area contributed by atoms with Crippen molar-refractivity contribution in [2.75, 3.05) is 6.79 Å². The summed E-state index contributed by atoms with van der Waals surface area (Å²) in [6.45, 7) is 3.31. The van der Waals surface area contributed by atoms with E-state index in [1.807, 2.05) is 0 Å². The predicted molar refractivity (Wildman–Crippen MR) is 70.8 cm³/mol. The lowest BCUT2D eigenvalue weighted by Gasteiger charge is -2.20. The SMILES string of the molecule is CC(C)(Cc1cc(Br)c(C=O)c2c1OCO2)C(=O)O. The minimum atomic E-state index is -0.929. The van der Waals surface area contributed by atoms with Gasteiger partial charge in [-0.3, -0.25) is 9.59 Å². The molecule has 1 heterocycles. The topological polar surface area (TPSA) is 72.8 Å². The molecular formula is C13H13BrO5. The Morgan fingerprint density at radius 3 is 2.68 bits per heavy atom. The molecule has 102 valence electrons. The molecular weight excluding hydrogens is 316 g/mol. The minimum absolute atomic E-state index is 0.0348. The number of ether oxygens (including phenoxy) is 2. The Balaban J connectivity index is 2.49. The number of carbonyl (C=O) groups excluding carboxylic acids is 1. The second kappa shape index (κ2) is 4.85. The van der Waals surface area contributed by atoms with E-state index in [0.29, 0.717) is 33.4 Å². The van der Waals surface area contributed by atoms with Crippen LogP contribution in [0.1, 0.15) is 29.8 Å². The van der Waals surface area contributed by atoms with E-state index in [4.69, 9.17) is 9.47 Å². The van der Waals surface area contributed by atoms with E-state index in [0.717, 1.165) is 0 Å². The number of fused-ring (bicyclic) bond motifs is 1. The third-order valence-electron chi connectivity index (χ3n) is 3.04. The highest BCUT2D eigenvalue weighted by atomic mass is 79.9. The number of carbonyl (C=O) groups is 2. The van der Waals surface area contributed by atoms with E-state index in [9.17, 15) is 14.7 Å². The smallest absolute Gasteiger partial charge is 0.309 e. The number of aldehydes is 1. The number of benzene rings is 1. The fraction of sp³-hybridized carbons (Fsp3) is 0.385. The van der Waals surface area contributed by atoms with Gasteiger partial charge in [-0.15, -0.1) is 0 Å². The summed E-state index contributed by atoms with van der Waals surface area (Å²) in [5, 5.41) is 9.18. The standard InChI is InChI=1S/C13H13BrO5/c1-13(2,12(16)17)4-7-3-9(14)8(5-15)11-10(7)18-6-19-11/h3,5H,4,6H2,1-2H3,(H,16,17). The molecule has 2 rings (SSSR count). The van der Waals surface area contributed by atoms with Gasteiger partial charge in [0.15, 0.2) is 17.8 Å². The molecule has 0 spiro atoms. The van der Waals surface area contributed by atoms with Crippen LogP contribution in [0.5, 0.6) is 11.5 Å². The number of halogens is 1. The van der Waals surface area contributed by atoms with Crippen molar-refractivity contribution in [1.29, 1.82) is 0 Å². The second-order valence-corrected chi connectivity index (χ2v) is 5.83. The van der Waals surface area contributed by atoms with E-state index in [1.165, 1.54) is 0 Å². The Morgan fingerprint density at radius 2 is 2.11 bits per heavy atom. The number of hydrogen-bond acceptors (Lipinski definition) is 4. The molecule has 0 saturated heterocycles. The largest absolute Gasteiger partial charge is 0.481 e. The molecule has 0 fully saturated rings.